The van der Waals surface area contributed by atoms with E-state index in [0.29, 0.717) is 28.6 Å². The molecule has 2 N–H and O–H groups in total. The van der Waals surface area contributed by atoms with Gasteiger partial charge in [0.25, 0.3) is 5.91 Å². The van der Waals surface area contributed by atoms with Gasteiger partial charge in [0, 0.05) is 25.1 Å². The number of aliphatic carboxylic acids is 1. The molecule has 20 heavy (non-hydrogen) atoms. The van der Waals surface area contributed by atoms with Crippen LogP contribution >= 0.6 is 22.6 Å². The molecule has 1 amide bonds. The van der Waals surface area contributed by atoms with Gasteiger partial charge < -0.3 is 15.1 Å². The summed E-state index contributed by atoms with van der Waals surface area (Å²) in [7, 11) is 0. The van der Waals surface area contributed by atoms with Crippen LogP contribution in [0.3, 0.4) is 0 Å². The molecule has 6 heteroatoms. The van der Waals surface area contributed by atoms with Gasteiger partial charge in [-0.1, -0.05) is 0 Å². The van der Waals surface area contributed by atoms with E-state index in [9.17, 15) is 14.7 Å². The van der Waals surface area contributed by atoms with Crippen molar-refractivity contribution in [3.8, 4) is 5.75 Å². The van der Waals surface area contributed by atoms with E-state index in [-0.39, 0.29) is 24.0 Å². The number of aromatic hydroxyl groups is 1. The lowest BCUT2D eigenvalue weighted by molar-refractivity contribution is -0.137. The highest BCUT2D eigenvalue weighted by Gasteiger charge is 2.27. The molecule has 1 heterocycles. The Morgan fingerprint density at radius 2 is 2.15 bits per heavy atom. The Balaban J connectivity index is 1.97. The normalized spacial score (nSPS) is 18.2. The van der Waals surface area contributed by atoms with Gasteiger partial charge >= 0.3 is 5.97 Å². The molecule has 1 aromatic carbocycles. The van der Waals surface area contributed by atoms with Crippen molar-refractivity contribution in [2.45, 2.75) is 19.3 Å². The van der Waals surface area contributed by atoms with Crippen LogP contribution in [0.25, 0.3) is 0 Å². The highest BCUT2D eigenvalue weighted by atomic mass is 127. The number of likely N-dealkylation sites (tertiary alicyclic amines) is 1. The number of halogens is 1. The average Bonchev–Trinajstić information content (AvgIpc) is 2.87. The molecule has 0 saturated carbocycles. The molecule has 1 unspecified atom stereocenters. The number of phenolic OH excluding ortho intramolecular Hbond substituents is 1. The van der Waals surface area contributed by atoms with Gasteiger partial charge in [0.1, 0.15) is 5.75 Å². The van der Waals surface area contributed by atoms with Crippen molar-refractivity contribution in [3.63, 3.8) is 0 Å². The van der Waals surface area contributed by atoms with Gasteiger partial charge in [0.2, 0.25) is 0 Å². The summed E-state index contributed by atoms with van der Waals surface area (Å²) in [6.07, 6.45) is 1.60. The minimum atomic E-state index is -0.794. The average molecular weight is 389 g/mol. The van der Waals surface area contributed by atoms with Gasteiger partial charge in [-0.25, -0.2) is 0 Å². The summed E-state index contributed by atoms with van der Waals surface area (Å²) in [5, 5.41) is 18.3. The lowest BCUT2D eigenvalue weighted by Gasteiger charge is -2.16. The van der Waals surface area contributed by atoms with Gasteiger partial charge in [-0.2, -0.15) is 0 Å². The van der Waals surface area contributed by atoms with E-state index >= 15 is 0 Å². The molecule has 1 fully saturated rings. The van der Waals surface area contributed by atoms with E-state index in [2.05, 4.69) is 0 Å². The molecule has 1 aliphatic rings. The van der Waals surface area contributed by atoms with Gasteiger partial charge in [-0.3, -0.25) is 9.59 Å². The van der Waals surface area contributed by atoms with E-state index in [0.717, 1.165) is 6.42 Å². The third-order valence-corrected chi connectivity index (χ3v) is 4.44. The van der Waals surface area contributed by atoms with Crippen LogP contribution in [-0.2, 0) is 4.79 Å². The number of carboxylic acid groups (broad SMARTS) is 1. The summed E-state index contributed by atoms with van der Waals surface area (Å²) in [5.41, 5.74) is 0.474. The number of hydrogen-bond acceptors (Lipinski definition) is 3. The maximum atomic E-state index is 12.3. The topological polar surface area (TPSA) is 77.8 Å². The molecule has 1 aliphatic heterocycles. The van der Waals surface area contributed by atoms with Crippen molar-refractivity contribution in [2.75, 3.05) is 13.1 Å². The van der Waals surface area contributed by atoms with Crippen LogP contribution in [0.15, 0.2) is 18.2 Å². The van der Waals surface area contributed by atoms with E-state index in [1.165, 1.54) is 6.07 Å². The highest BCUT2D eigenvalue weighted by Crippen LogP contribution is 2.25. The van der Waals surface area contributed by atoms with Crippen LogP contribution in [0.4, 0.5) is 0 Å². The second-order valence-corrected chi connectivity index (χ2v) is 6.17. The van der Waals surface area contributed by atoms with Crippen molar-refractivity contribution < 1.29 is 19.8 Å². The Morgan fingerprint density at radius 1 is 1.40 bits per heavy atom. The number of carboxylic acids is 1. The zero-order chi connectivity index (χ0) is 14.7. The maximum absolute atomic E-state index is 12.3. The zero-order valence-corrected chi connectivity index (χ0v) is 13.0. The number of benzene rings is 1. The standard InChI is InChI=1S/C14H16INO4/c15-11-3-2-10(7-12(11)17)14(20)16-6-5-9(8-16)1-4-13(18)19/h2-3,7,9,17H,1,4-6,8H2,(H,18,19). The Hall–Kier alpha value is -1.31. The van der Waals surface area contributed by atoms with E-state index in [1.807, 2.05) is 22.6 Å². The van der Waals surface area contributed by atoms with Gasteiger partial charge in [0.15, 0.2) is 0 Å². The molecule has 0 aromatic heterocycles. The van der Waals surface area contributed by atoms with Crippen LogP contribution in [0.5, 0.6) is 5.75 Å². The van der Waals surface area contributed by atoms with Crippen LogP contribution in [-0.4, -0.2) is 40.1 Å². The SMILES string of the molecule is O=C(O)CCC1CCN(C(=O)c2ccc(I)c(O)c2)C1. The fourth-order valence-electron chi connectivity index (χ4n) is 2.41. The molecule has 5 nitrogen and oxygen atoms in total. The van der Waals surface area contributed by atoms with Gasteiger partial charge in [-0.05, 0) is 59.5 Å². The second kappa shape index (κ2) is 6.43. The molecular weight excluding hydrogens is 373 g/mol. The summed E-state index contributed by atoms with van der Waals surface area (Å²) in [6.45, 7) is 1.24. The third kappa shape index (κ3) is 3.62. The maximum Gasteiger partial charge on any atom is 0.303 e. The summed E-state index contributed by atoms with van der Waals surface area (Å²) in [4.78, 5) is 24.6. The van der Waals surface area contributed by atoms with Crippen LogP contribution in [0, 0.1) is 9.49 Å². The van der Waals surface area contributed by atoms with Crippen molar-refractivity contribution >= 4 is 34.5 Å². The Kier molecular flexibility index (Phi) is 4.85. The van der Waals surface area contributed by atoms with Crippen LogP contribution in [0.1, 0.15) is 29.6 Å². The molecule has 0 bridgehead atoms. The van der Waals surface area contributed by atoms with E-state index in [1.54, 1.807) is 17.0 Å². The molecule has 1 saturated heterocycles. The molecule has 108 valence electrons. The lowest BCUT2D eigenvalue weighted by atomic mass is 10.0. The summed E-state index contributed by atoms with van der Waals surface area (Å²) < 4.78 is 0.708. The minimum Gasteiger partial charge on any atom is -0.507 e. The zero-order valence-electron chi connectivity index (χ0n) is 10.9. The fourth-order valence-corrected chi connectivity index (χ4v) is 2.74. The number of amides is 1. The first-order valence-corrected chi connectivity index (χ1v) is 7.55. The number of phenols is 1. The molecule has 0 aliphatic carbocycles. The molecule has 2 rings (SSSR count). The van der Waals surface area contributed by atoms with Crippen LogP contribution in [0.2, 0.25) is 0 Å². The van der Waals surface area contributed by atoms with E-state index in [4.69, 9.17) is 5.11 Å². The van der Waals surface area contributed by atoms with Gasteiger partial charge in [0.05, 0.1) is 3.57 Å². The largest absolute Gasteiger partial charge is 0.507 e. The first-order chi connectivity index (χ1) is 9.47. The highest BCUT2D eigenvalue weighted by molar-refractivity contribution is 14.1. The summed E-state index contributed by atoms with van der Waals surface area (Å²) in [6, 6.07) is 4.89. The first-order valence-electron chi connectivity index (χ1n) is 6.47. The minimum absolute atomic E-state index is 0.102. The summed E-state index contributed by atoms with van der Waals surface area (Å²) >= 11 is 2.00. The quantitative estimate of drug-likeness (QED) is 0.775. The Morgan fingerprint density at radius 3 is 2.80 bits per heavy atom. The predicted molar refractivity (Wildman–Crippen MR) is 81.7 cm³/mol. The van der Waals surface area contributed by atoms with Crippen molar-refractivity contribution in [3.05, 3.63) is 27.3 Å². The lowest BCUT2D eigenvalue weighted by Crippen LogP contribution is -2.28. The Bertz CT molecular complexity index is 532. The molecule has 0 spiro atoms. The number of carbonyl (C=O) groups is 2. The predicted octanol–water partition coefficient (Wildman–Crippen LogP) is 2.32. The second-order valence-electron chi connectivity index (χ2n) is 5.00. The number of hydrogen-bond donors (Lipinski definition) is 2. The first kappa shape index (κ1) is 15.1. The van der Waals surface area contributed by atoms with Gasteiger partial charge in [-0.15, -0.1) is 0 Å². The smallest absolute Gasteiger partial charge is 0.303 e. The number of rotatable bonds is 4. The number of carbonyl (C=O) groups excluding carboxylic acids is 1. The van der Waals surface area contributed by atoms with E-state index < -0.39 is 5.97 Å². The summed E-state index contributed by atoms with van der Waals surface area (Å²) in [5.74, 6) is -0.530. The fraction of sp³-hybridized carbons (Fsp3) is 0.429. The van der Waals surface area contributed by atoms with Crippen molar-refractivity contribution in [1.82, 2.24) is 4.90 Å². The van der Waals surface area contributed by atoms with Crippen molar-refractivity contribution in [1.29, 1.82) is 0 Å². The number of nitrogens with zero attached hydrogens (tertiary/aromatic N) is 1. The monoisotopic (exact) mass is 389 g/mol. The molecular formula is C14H16INO4. The third-order valence-electron chi connectivity index (χ3n) is 3.53. The van der Waals surface area contributed by atoms with Crippen LogP contribution < -0.4 is 0 Å². The Labute approximate surface area is 130 Å². The molecule has 0 radical (unpaired) electrons. The molecule has 1 atom stereocenters. The molecule has 1 aromatic rings. The van der Waals surface area contributed by atoms with Crippen molar-refractivity contribution in [2.24, 2.45) is 5.92 Å².